The average molecular weight is 226 g/mol. The van der Waals surface area contributed by atoms with Crippen molar-refractivity contribution in [3.05, 3.63) is 0 Å². The molecule has 2 fully saturated rings. The van der Waals surface area contributed by atoms with Gasteiger partial charge in [-0.1, -0.05) is 13.3 Å². The van der Waals surface area contributed by atoms with E-state index in [-0.39, 0.29) is 12.1 Å². The van der Waals surface area contributed by atoms with Gasteiger partial charge < -0.3 is 9.64 Å². The molecule has 0 aromatic carbocycles. The van der Waals surface area contributed by atoms with E-state index in [9.17, 15) is 4.79 Å². The molecule has 16 heavy (non-hydrogen) atoms. The summed E-state index contributed by atoms with van der Waals surface area (Å²) >= 11 is 0. The van der Waals surface area contributed by atoms with Crippen LogP contribution in [-0.4, -0.2) is 42.8 Å². The van der Waals surface area contributed by atoms with Crippen molar-refractivity contribution in [2.45, 2.75) is 45.4 Å². The van der Waals surface area contributed by atoms with Crippen molar-refractivity contribution in [1.29, 1.82) is 0 Å². The zero-order valence-electron chi connectivity index (χ0n) is 10.2. The Bertz CT molecular complexity index is 257. The van der Waals surface area contributed by atoms with Gasteiger partial charge in [-0.15, -0.1) is 0 Å². The van der Waals surface area contributed by atoms with Crippen molar-refractivity contribution in [2.24, 2.45) is 5.92 Å². The number of carbonyl (C=O) groups is 1. The van der Waals surface area contributed by atoms with Gasteiger partial charge in [0.05, 0.1) is 18.8 Å². The van der Waals surface area contributed by atoms with E-state index in [4.69, 9.17) is 4.74 Å². The number of amides is 1. The van der Waals surface area contributed by atoms with Gasteiger partial charge in [-0.3, -0.25) is 10.1 Å². The molecule has 0 bridgehead atoms. The van der Waals surface area contributed by atoms with Crippen molar-refractivity contribution >= 4 is 5.91 Å². The molecule has 0 aromatic heterocycles. The van der Waals surface area contributed by atoms with Crippen LogP contribution in [0.5, 0.6) is 0 Å². The molecule has 4 heteroatoms. The summed E-state index contributed by atoms with van der Waals surface area (Å²) in [4.78, 5) is 13.8. The van der Waals surface area contributed by atoms with Crippen molar-refractivity contribution in [3.63, 3.8) is 0 Å². The molecular formula is C12H22N2O2. The number of carbonyl (C=O) groups excluding carboxylic acids is 1. The topological polar surface area (TPSA) is 41.6 Å². The first kappa shape index (κ1) is 11.9. The quantitative estimate of drug-likeness (QED) is 0.776. The smallest absolute Gasteiger partial charge is 0.237 e. The van der Waals surface area contributed by atoms with Crippen LogP contribution in [0.15, 0.2) is 0 Å². The molecule has 3 atom stereocenters. The molecule has 0 radical (unpaired) electrons. The van der Waals surface area contributed by atoms with Gasteiger partial charge >= 0.3 is 0 Å². The minimum absolute atomic E-state index is 0.248. The predicted molar refractivity (Wildman–Crippen MR) is 61.9 cm³/mol. The summed E-state index contributed by atoms with van der Waals surface area (Å²) in [5.41, 5.74) is 0. The average Bonchev–Trinajstić information content (AvgIpc) is 2.80. The minimum Gasteiger partial charge on any atom is -0.378 e. The monoisotopic (exact) mass is 226 g/mol. The molecular weight excluding hydrogens is 204 g/mol. The summed E-state index contributed by atoms with van der Waals surface area (Å²) in [6.07, 6.45) is 3.80. The highest BCUT2D eigenvalue weighted by atomic mass is 16.5. The Labute approximate surface area is 97.3 Å². The summed E-state index contributed by atoms with van der Waals surface area (Å²) in [5.74, 6) is 0.765. The van der Waals surface area contributed by atoms with Crippen LogP contribution in [0.4, 0.5) is 0 Å². The second-order valence-corrected chi connectivity index (χ2v) is 4.86. The maximum atomic E-state index is 11.8. The third kappa shape index (κ3) is 2.38. The molecule has 0 spiro atoms. The molecule has 0 aliphatic carbocycles. The molecule has 0 aromatic rings. The van der Waals surface area contributed by atoms with Gasteiger partial charge in [0.2, 0.25) is 5.91 Å². The van der Waals surface area contributed by atoms with Crippen LogP contribution in [0, 0.1) is 5.92 Å². The Morgan fingerprint density at radius 3 is 3.00 bits per heavy atom. The van der Waals surface area contributed by atoms with Crippen LogP contribution in [0.3, 0.4) is 0 Å². The standard InChI is InChI=1S/C12H22N2O2/c1-3-4-11-13-7-12(15)14(11)8-10-5-6-16-9(10)2/h9-11,13H,3-8H2,1-2H3. The summed E-state index contributed by atoms with van der Waals surface area (Å²) < 4.78 is 5.55. The lowest BCUT2D eigenvalue weighted by molar-refractivity contribution is -0.128. The zero-order chi connectivity index (χ0) is 11.5. The third-order valence-corrected chi connectivity index (χ3v) is 3.71. The molecule has 2 saturated heterocycles. The van der Waals surface area contributed by atoms with Crippen LogP contribution in [0.25, 0.3) is 0 Å². The number of nitrogens with one attached hydrogen (secondary N) is 1. The van der Waals surface area contributed by atoms with Gasteiger partial charge in [0.15, 0.2) is 0 Å². The first-order chi connectivity index (χ1) is 7.72. The lowest BCUT2D eigenvalue weighted by atomic mass is 10.0. The minimum atomic E-state index is 0.248. The fourth-order valence-corrected chi connectivity index (χ4v) is 2.62. The van der Waals surface area contributed by atoms with Crippen LogP contribution >= 0.6 is 0 Å². The van der Waals surface area contributed by atoms with Crippen LogP contribution in [0.2, 0.25) is 0 Å². The first-order valence-corrected chi connectivity index (χ1v) is 6.36. The van der Waals surface area contributed by atoms with Crippen molar-refractivity contribution < 1.29 is 9.53 Å². The Morgan fingerprint density at radius 1 is 1.56 bits per heavy atom. The van der Waals surface area contributed by atoms with Gasteiger partial charge in [0.1, 0.15) is 0 Å². The van der Waals surface area contributed by atoms with Gasteiger partial charge in [-0.2, -0.15) is 0 Å². The van der Waals surface area contributed by atoms with Crippen LogP contribution in [-0.2, 0) is 9.53 Å². The Kier molecular flexibility index (Phi) is 3.82. The highest BCUT2D eigenvalue weighted by Gasteiger charge is 2.34. The summed E-state index contributed by atoms with van der Waals surface area (Å²) in [5, 5.41) is 3.28. The van der Waals surface area contributed by atoms with E-state index in [1.54, 1.807) is 0 Å². The first-order valence-electron chi connectivity index (χ1n) is 6.36. The second-order valence-electron chi connectivity index (χ2n) is 4.86. The van der Waals surface area contributed by atoms with E-state index in [2.05, 4.69) is 19.2 Å². The molecule has 2 heterocycles. The van der Waals surface area contributed by atoms with E-state index >= 15 is 0 Å². The number of hydrogen-bond acceptors (Lipinski definition) is 3. The molecule has 3 unspecified atom stereocenters. The molecule has 1 N–H and O–H groups in total. The largest absolute Gasteiger partial charge is 0.378 e. The molecule has 2 aliphatic heterocycles. The number of ether oxygens (including phenoxy) is 1. The highest BCUT2D eigenvalue weighted by molar-refractivity contribution is 5.80. The maximum Gasteiger partial charge on any atom is 0.237 e. The fraction of sp³-hybridized carbons (Fsp3) is 0.917. The molecule has 2 aliphatic rings. The third-order valence-electron chi connectivity index (χ3n) is 3.71. The van der Waals surface area contributed by atoms with E-state index in [0.29, 0.717) is 18.6 Å². The molecule has 4 nitrogen and oxygen atoms in total. The van der Waals surface area contributed by atoms with Gasteiger partial charge in [0, 0.05) is 19.1 Å². The van der Waals surface area contributed by atoms with E-state index < -0.39 is 0 Å². The molecule has 1 amide bonds. The Morgan fingerprint density at radius 2 is 2.38 bits per heavy atom. The highest BCUT2D eigenvalue weighted by Crippen LogP contribution is 2.23. The maximum absolute atomic E-state index is 11.8. The summed E-state index contributed by atoms with van der Waals surface area (Å²) in [7, 11) is 0. The number of rotatable bonds is 4. The number of nitrogens with zero attached hydrogens (tertiary/aromatic N) is 1. The fourth-order valence-electron chi connectivity index (χ4n) is 2.62. The van der Waals surface area contributed by atoms with Gasteiger partial charge in [0.25, 0.3) is 0 Å². The SMILES string of the molecule is CCCC1NCC(=O)N1CC1CCOC1C. The van der Waals surface area contributed by atoms with E-state index in [1.165, 1.54) is 0 Å². The van der Waals surface area contributed by atoms with Crippen LogP contribution in [0.1, 0.15) is 33.1 Å². The number of hydrogen-bond donors (Lipinski definition) is 1. The lowest BCUT2D eigenvalue weighted by Gasteiger charge is -2.28. The van der Waals surface area contributed by atoms with E-state index in [1.807, 2.05) is 4.90 Å². The molecule has 0 saturated carbocycles. The van der Waals surface area contributed by atoms with Gasteiger partial charge in [-0.05, 0) is 19.8 Å². The van der Waals surface area contributed by atoms with Crippen molar-refractivity contribution in [3.8, 4) is 0 Å². The predicted octanol–water partition coefficient (Wildman–Crippen LogP) is 0.969. The lowest BCUT2D eigenvalue weighted by Crippen LogP contribution is -2.41. The molecule has 2 rings (SSSR count). The summed E-state index contributed by atoms with van der Waals surface area (Å²) in [6, 6.07) is 0. The summed E-state index contributed by atoms with van der Waals surface area (Å²) in [6.45, 7) is 6.48. The van der Waals surface area contributed by atoms with Crippen molar-refractivity contribution in [2.75, 3.05) is 19.7 Å². The Balaban J connectivity index is 1.92. The zero-order valence-corrected chi connectivity index (χ0v) is 10.2. The Hall–Kier alpha value is -0.610. The normalized spacial score (nSPS) is 35.0. The van der Waals surface area contributed by atoms with Crippen LogP contribution < -0.4 is 5.32 Å². The second kappa shape index (κ2) is 5.15. The molecule has 92 valence electrons. The van der Waals surface area contributed by atoms with Crippen molar-refractivity contribution in [1.82, 2.24) is 10.2 Å². The van der Waals surface area contributed by atoms with E-state index in [0.717, 1.165) is 32.4 Å². The van der Waals surface area contributed by atoms with Gasteiger partial charge in [-0.25, -0.2) is 0 Å².